The Morgan fingerprint density at radius 1 is 0.895 bits per heavy atom. The zero-order valence-corrected chi connectivity index (χ0v) is 9.14. The van der Waals surface area contributed by atoms with Crippen molar-refractivity contribution in [1.29, 1.82) is 0 Å². The second-order valence-corrected chi connectivity index (χ2v) is 2.89. The lowest BCUT2D eigenvalue weighted by Crippen LogP contribution is -2.12. The molecule has 4 nitrogen and oxygen atoms in total. The van der Waals surface area contributed by atoms with Crippen LogP contribution in [0.3, 0.4) is 0 Å². The monoisotopic (exact) mass is 291 g/mol. The molecule has 0 aliphatic carbocycles. The molecule has 1 aromatic heterocycles. The van der Waals surface area contributed by atoms with Crippen molar-refractivity contribution in [3.05, 3.63) is 11.8 Å². The van der Waals surface area contributed by atoms with Gasteiger partial charge < -0.3 is 14.2 Å². The number of rotatable bonds is 6. The Labute approximate surface area is 102 Å². The number of halogens is 6. The van der Waals surface area contributed by atoms with Gasteiger partial charge >= 0.3 is 6.18 Å². The highest BCUT2D eigenvalue weighted by Crippen LogP contribution is 2.45. The molecule has 10 heteroatoms. The van der Waals surface area contributed by atoms with Crippen molar-refractivity contribution < 1.29 is 40.6 Å². The second kappa shape index (κ2) is 6.34. The van der Waals surface area contributed by atoms with Crippen molar-refractivity contribution in [2.24, 2.45) is 0 Å². The van der Waals surface area contributed by atoms with E-state index in [9.17, 15) is 26.3 Å². The van der Waals surface area contributed by atoms with Crippen LogP contribution in [0, 0.1) is 0 Å². The second-order valence-electron chi connectivity index (χ2n) is 2.89. The fourth-order valence-corrected chi connectivity index (χ4v) is 1.20. The third-order valence-corrected chi connectivity index (χ3v) is 1.85. The van der Waals surface area contributed by atoms with Crippen LogP contribution >= 0.6 is 0 Å². The van der Waals surface area contributed by atoms with Crippen LogP contribution in [-0.2, 0) is 6.18 Å². The van der Waals surface area contributed by atoms with Gasteiger partial charge in [-0.15, -0.1) is 0 Å². The summed E-state index contributed by atoms with van der Waals surface area (Å²) in [5, 5.41) is 0. The van der Waals surface area contributed by atoms with E-state index in [1.165, 1.54) is 0 Å². The molecular weight excluding hydrogens is 284 g/mol. The fraction of sp³-hybridized carbons (Fsp3) is 0.444. The van der Waals surface area contributed by atoms with E-state index in [0.29, 0.717) is 0 Å². The number of ether oxygens (including phenoxy) is 3. The van der Waals surface area contributed by atoms with Gasteiger partial charge in [-0.2, -0.15) is 13.2 Å². The van der Waals surface area contributed by atoms with Gasteiger partial charge in [0.2, 0.25) is 26.3 Å². The molecular formula is C9H7F6NO3. The van der Waals surface area contributed by atoms with Crippen LogP contribution in [0.4, 0.5) is 26.3 Å². The molecule has 1 heterocycles. The van der Waals surface area contributed by atoms with Crippen LogP contribution < -0.4 is 14.2 Å². The smallest absolute Gasteiger partial charge is 0.421 e. The molecule has 1 aromatic rings. The zero-order valence-electron chi connectivity index (χ0n) is 9.14. The molecule has 0 atom stereocenters. The fourth-order valence-electron chi connectivity index (χ4n) is 1.20. The average Bonchev–Trinajstić information content (AvgIpc) is 2.32. The van der Waals surface area contributed by atoms with Crippen molar-refractivity contribution in [3.8, 4) is 17.4 Å². The van der Waals surface area contributed by atoms with E-state index in [1.807, 2.05) is 0 Å². The van der Waals surface area contributed by atoms with E-state index in [2.05, 4.69) is 19.2 Å². The number of nitrogens with zero attached hydrogens (tertiary/aromatic N) is 1. The highest BCUT2D eigenvalue weighted by atomic mass is 19.4. The molecule has 1 rings (SSSR count). The van der Waals surface area contributed by atoms with E-state index >= 15 is 0 Å². The molecule has 0 aliphatic heterocycles. The van der Waals surface area contributed by atoms with E-state index in [4.69, 9.17) is 0 Å². The summed E-state index contributed by atoms with van der Waals surface area (Å²) in [6, 6.07) is 0. The third-order valence-electron chi connectivity index (χ3n) is 1.85. The Balaban J connectivity index is 3.39. The molecule has 0 unspecified atom stereocenters. The molecule has 0 aromatic carbocycles. The molecule has 0 amide bonds. The maximum Gasteiger partial charge on any atom is 0.421 e. The van der Waals surface area contributed by atoms with Gasteiger partial charge in [0.25, 0.3) is 5.88 Å². The first-order valence-electron chi connectivity index (χ1n) is 4.62. The third kappa shape index (κ3) is 3.55. The quantitative estimate of drug-likeness (QED) is 0.755. The molecule has 0 N–H and O–H groups in total. The number of aromatic nitrogens is 1. The number of hydrogen-bond donors (Lipinski definition) is 0. The Hall–Kier alpha value is -1.87. The van der Waals surface area contributed by atoms with Crippen LogP contribution in [0.15, 0.2) is 6.20 Å². The minimum Gasteiger partial charge on any atom is -0.458 e. The van der Waals surface area contributed by atoms with E-state index < -0.39 is 49.7 Å². The Bertz CT molecular complexity index is 425. The summed E-state index contributed by atoms with van der Waals surface area (Å²) in [6.07, 6.45) is -4.71. The predicted molar refractivity (Wildman–Crippen MR) is 49.0 cm³/mol. The van der Waals surface area contributed by atoms with Crippen molar-refractivity contribution >= 4 is 0 Å². The van der Waals surface area contributed by atoms with Crippen LogP contribution in [0.2, 0.25) is 0 Å². The van der Waals surface area contributed by atoms with Crippen molar-refractivity contribution in [3.63, 3.8) is 0 Å². The number of pyridine rings is 1. The van der Waals surface area contributed by atoms with Crippen molar-refractivity contribution in [2.45, 2.75) is 6.18 Å². The number of alkyl halides is 6. The van der Waals surface area contributed by atoms with E-state index in [-0.39, 0.29) is 6.20 Å². The maximum atomic E-state index is 12.6. The average molecular weight is 291 g/mol. The van der Waals surface area contributed by atoms with Gasteiger partial charge in [0.15, 0.2) is 5.75 Å². The summed E-state index contributed by atoms with van der Waals surface area (Å²) in [5.74, 6) is -2.91. The molecule has 0 radical (unpaired) electrons. The SMILES string of the molecule is FCOc1ncc(C(F)(F)F)c(OCF)c1OCF. The first-order chi connectivity index (χ1) is 8.95. The summed E-state index contributed by atoms with van der Waals surface area (Å²) >= 11 is 0. The Morgan fingerprint density at radius 2 is 1.42 bits per heavy atom. The highest BCUT2D eigenvalue weighted by Gasteiger charge is 2.38. The predicted octanol–water partition coefficient (Wildman–Crippen LogP) is 3.02. The molecule has 19 heavy (non-hydrogen) atoms. The molecule has 0 saturated heterocycles. The van der Waals surface area contributed by atoms with Crippen LogP contribution in [0.5, 0.6) is 17.4 Å². The van der Waals surface area contributed by atoms with Gasteiger partial charge in [-0.05, 0) is 0 Å². The first-order valence-corrected chi connectivity index (χ1v) is 4.62. The van der Waals surface area contributed by atoms with Gasteiger partial charge in [-0.3, -0.25) is 0 Å². The van der Waals surface area contributed by atoms with Crippen LogP contribution in [-0.4, -0.2) is 25.6 Å². The number of hydrogen-bond acceptors (Lipinski definition) is 4. The molecule has 0 fully saturated rings. The molecule has 0 saturated carbocycles. The molecule has 0 aliphatic rings. The Morgan fingerprint density at radius 3 is 1.89 bits per heavy atom. The van der Waals surface area contributed by atoms with E-state index in [1.54, 1.807) is 0 Å². The van der Waals surface area contributed by atoms with Gasteiger partial charge in [0.05, 0.1) is 0 Å². The van der Waals surface area contributed by atoms with Gasteiger partial charge in [0.1, 0.15) is 5.56 Å². The maximum absolute atomic E-state index is 12.6. The normalized spacial score (nSPS) is 11.3. The summed E-state index contributed by atoms with van der Waals surface area (Å²) in [7, 11) is 0. The van der Waals surface area contributed by atoms with Crippen molar-refractivity contribution in [1.82, 2.24) is 4.98 Å². The van der Waals surface area contributed by atoms with Gasteiger partial charge in [-0.1, -0.05) is 0 Å². The lowest BCUT2D eigenvalue weighted by atomic mass is 10.2. The standard InChI is InChI=1S/C9H7F6NO3/c10-2-17-6-5(9(13,14)15)1-16-8(19-4-12)7(6)18-3-11/h1H,2-4H2. The zero-order chi connectivity index (χ0) is 14.5. The molecule has 0 bridgehead atoms. The topological polar surface area (TPSA) is 40.6 Å². The van der Waals surface area contributed by atoms with Crippen molar-refractivity contribution in [2.75, 3.05) is 20.6 Å². The molecule has 0 spiro atoms. The summed E-state index contributed by atoms with van der Waals surface area (Å²) in [4.78, 5) is 3.12. The lowest BCUT2D eigenvalue weighted by molar-refractivity contribution is -0.139. The largest absolute Gasteiger partial charge is 0.458 e. The summed E-state index contributed by atoms with van der Waals surface area (Å²) in [6.45, 7) is -4.64. The van der Waals surface area contributed by atoms with Gasteiger partial charge in [0, 0.05) is 6.20 Å². The molecule has 108 valence electrons. The van der Waals surface area contributed by atoms with Gasteiger partial charge in [-0.25, -0.2) is 18.2 Å². The first kappa shape index (κ1) is 15.2. The Kier molecular flexibility index (Phi) is 5.07. The van der Waals surface area contributed by atoms with Crippen LogP contribution in [0.1, 0.15) is 5.56 Å². The van der Waals surface area contributed by atoms with E-state index in [0.717, 1.165) is 0 Å². The minimum atomic E-state index is -4.94. The lowest BCUT2D eigenvalue weighted by Gasteiger charge is -2.17. The summed E-state index contributed by atoms with van der Waals surface area (Å²) < 4.78 is 86.6. The van der Waals surface area contributed by atoms with Crippen LogP contribution in [0.25, 0.3) is 0 Å². The minimum absolute atomic E-state index is 0.237. The summed E-state index contributed by atoms with van der Waals surface area (Å²) in [5.41, 5.74) is -1.50. The highest BCUT2D eigenvalue weighted by molar-refractivity contribution is 5.52.